The number of nitrogens with zero attached hydrogens (tertiary/aromatic N) is 5. The van der Waals surface area contributed by atoms with E-state index in [1.54, 1.807) is 7.11 Å². The molecule has 0 unspecified atom stereocenters. The summed E-state index contributed by atoms with van der Waals surface area (Å²) in [5.74, 6) is -0.601. The fourth-order valence-corrected chi connectivity index (χ4v) is 1.97. The molecule has 1 aromatic carbocycles. The van der Waals surface area contributed by atoms with Crippen LogP contribution in [0.25, 0.3) is 11.6 Å². The highest BCUT2D eigenvalue weighted by Crippen LogP contribution is 2.16. The van der Waals surface area contributed by atoms with Crippen LogP contribution in [0.15, 0.2) is 28.9 Å². The molecule has 0 radical (unpaired) electrons. The predicted molar refractivity (Wildman–Crippen MR) is 74.4 cm³/mol. The third-order valence-corrected chi connectivity index (χ3v) is 3.14. The maximum absolute atomic E-state index is 13.6. The maximum atomic E-state index is 13.6. The Bertz CT molecular complexity index is 782. The van der Waals surface area contributed by atoms with E-state index in [0.717, 1.165) is 0 Å². The van der Waals surface area contributed by atoms with Gasteiger partial charge in [0.05, 0.1) is 19.3 Å². The summed E-state index contributed by atoms with van der Waals surface area (Å²) in [5, 5.41) is 11.5. The summed E-state index contributed by atoms with van der Waals surface area (Å²) in [7, 11) is 1.58. The Labute approximate surface area is 129 Å². The molecule has 120 valence electrons. The molecule has 0 aliphatic carbocycles. The van der Waals surface area contributed by atoms with Gasteiger partial charge in [-0.25, -0.2) is 13.5 Å². The number of halogens is 2. The smallest absolute Gasteiger partial charge is 0.280 e. The molecule has 0 fully saturated rings. The van der Waals surface area contributed by atoms with Crippen LogP contribution in [0.1, 0.15) is 11.4 Å². The van der Waals surface area contributed by atoms with Gasteiger partial charge in [0.1, 0.15) is 11.6 Å². The monoisotopic (exact) mass is 321 g/mol. The normalized spacial score (nSPS) is 11.1. The number of rotatable bonds is 6. The summed E-state index contributed by atoms with van der Waals surface area (Å²) in [5.41, 5.74) is 0.244. The van der Waals surface area contributed by atoms with E-state index in [2.05, 4.69) is 20.5 Å². The zero-order valence-corrected chi connectivity index (χ0v) is 12.2. The minimum atomic E-state index is -0.637. The standard InChI is InChI=1S/C14H13F2N5O2/c1-22-6-5-13-17-14(23-19-13)12-8-21(20-18-12)7-9-10(15)3-2-4-11(9)16/h2-4,8H,5-7H2,1H3. The highest BCUT2D eigenvalue weighted by Gasteiger charge is 2.15. The van der Waals surface area contributed by atoms with Crippen molar-refractivity contribution < 1.29 is 18.0 Å². The predicted octanol–water partition coefficient (Wildman–Crippen LogP) is 1.84. The van der Waals surface area contributed by atoms with Crippen LogP contribution in [0.3, 0.4) is 0 Å². The van der Waals surface area contributed by atoms with Crippen molar-refractivity contribution in [3.63, 3.8) is 0 Å². The largest absolute Gasteiger partial charge is 0.384 e. The molecule has 2 heterocycles. The van der Waals surface area contributed by atoms with E-state index in [9.17, 15) is 8.78 Å². The zero-order valence-electron chi connectivity index (χ0n) is 12.2. The summed E-state index contributed by atoms with van der Waals surface area (Å²) >= 11 is 0. The second kappa shape index (κ2) is 6.61. The van der Waals surface area contributed by atoms with Crippen LogP contribution < -0.4 is 0 Å². The van der Waals surface area contributed by atoms with E-state index >= 15 is 0 Å². The number of ether oxygens (including phenoxy) is 1. The second-order valence-corrected chi connectivity index (χ2v) is 4.76. The number of benzene rings is 1. The molecule has 23 heavy (non-hydrogen) atoms. The molecule has 0 atom stereocenters. The summed E-state index contributed by atoms with van der Waals surface area (Å²) in [6.45, 7) is 0.383. The van der Waals surface area contributed by atoms with Crippen molar-refractivity contribution in [1.82, 2.24) is 25.1 Å². The van der Waals surface area contributed by atoms with Crippen molar-refractivity contribution in [2.24, 2.45) is 0 Å². The van der Waals surface area contributed by atoms with E-state index in [4.69, 9.17) is 9.26 Å². The van der Waals surface area contributed by atoms with E-state index in [1.165, 1.54) is 29.1 Å². The minimum Gasteiger partial charge on any atom is -0.384 e. The SMILES string of the molecule is COCCc1noc(-c2cn(Cc3c(F)cccc3F)nn2)n1. The van der Waals surface area contributed by atoms with Crippen molar-refractivity contribution in [1.29, 1.82) is 0 Å². The number of methoxy groups -OCH3 is 1. The first-order valence-corrected chi connectivity index (χ1v) is 6.82. The number of aromatic nitrogens is 5. The van der Waals surface area contributed by atoms with Gasteiger partial charge in [-0.15, -0.1) is 5.10 Å². The van der Waals surface area contributed by atoms with Crippen LogP contribution in [-0.4, -0.2) is 38.9 Å². The molecule has 0 saturated carbocycles. The summed E-state index contributed by atoms with van der Waals surface area (Å²) in [6.07, 6.45) is 1.99. The molecular weight excluding hydrogens is 308 g/mol. The highest BCUT2D eigenvalue weighted by molar-refractivity contribution is 5.43. The molecule has 2 aromatic heterocycles. The number of hydrogen-bond donors (Lipinski definition) is 0. The van der Waals surface area contributed by atoms with Crippen molar-refractivity contribution in [2.45, 2.75) is 13.0 Å². The molecule has 0 N–H and O–H groups in total. The molecule has 0 saturated heterocycles. The van der Waals surface area contributed by atoms with E-state index < -0.39 is 11.6 Å². The molecule has 3 aromatic rings. The molecule has 0 aliphatic rings. The third-order valence-electron chi connectivity index (χ3n) is 3.14. The third kappa shape index (κ3) is 3.39. The molecule has 0 bridgehead atoms. The molecule has 0 aliphatic heterocycles. The van der Waals surface area contributed by atoms with Gasteiger partial charge in [0.25, 0.3) is 5.89 Å². The molecular formula is C14H13F2N5O2. The molecule has 0 amide bonds. The van der Waals surface area contributed by atoms with E-state index in [0.29, 0.717) is 24.5 Å². The Morgan fingerprint density at radius 3 is 2.78 bits per heavy atom. The fraction of sp³-hybridized carbons (Fsp3) is 0.286. The quantitative estimate of drug-likeness (QED) is 0.689. The first-order chi connectivity index (χ1) is 11.2. The van der Waals surface area contributed by atoms with Crippen LogP contribution in [0, 0.1) is 11.6 Å². The van der Waals surface area contributed by atoms with Crippen molar-refractivity contribution >= 4 is 0 Å². The Hall–Kier alpha value is -2.68. The lowest BCUT2D eigenvalue weighted by Gasteiger charge is -2.03. The second-order valence-electron chi connectivity index (χ2n) is 4.76. The van der Waals surface area contributed by atoms with Gasteiger partial charge in [-0.3, -0.25) is 0 Å². The van der Waals surface area contributed by atoms with Crippen LogP contribution in [0.4, 0.5) is 8.78 Å². The highest BCUT2D eigenvalue weighted by atomic mass is 19.1. The van der Waals surface area contributed by atoms with E-state index in [1.807, 2.05) is 0 Å². The van der Waals surface area contributed by atoms with Gasteiger partial charge in [0, 0.05) is 19.1 Å². The van der Waals surface area contributed by atoms with Gasteiger partial charge in [-0.2, -0.15) is 4.98 Å². The number of hydrogen-bond acceptors (Lipinski definition) is 6. The Morgan fingerprint density at radius 2 is 2.04 bits per heavy atom. The van der Waals surface area contributed by atoms with E-state index in [-0.39, 0.29) is 18.0 Å². The van der Waals surface area contributed by atoms with Crippen LogP contribution in [-0.2, 0) is 17.7 Å². The first kappa shape index (κ1) is 15.2. The van der Waals surface area contributed by atoms with Gasteiger partial charge in [0.2, 0.25) is 0 Å². The van der Waals surface area contributed by atoms with Gasteiger partial charge < -0.3 is 9.26 Å². The van der Waals surface area contributed by atoms with Crippen LogP contribution >= 0.6 is 0 Å². The average molecular weight is 321 g/mol. The average Bonchev–Trinajstić information content (AvgIpc) is 3.18. The molecule has 9 heteroatoms. The molecule has 0 spiro atoms. The lowest BCUT2D eigenvalue weighted by Crippen LogP contribution is -2.05. The van der Waals surface area contributed by atoms with Crippen LogP contribution in [0.2, 0.25) is 0 Å². The molecule has 7 nitrogen and oxygen atoms in total. The van der Waals surface area contributed by atoms with Gasteiger partial charge in [-0.05, 0) is 12.1 Å². The van der Waals surface area contributed by atoms with Gasteiger partial charge >= 0.3 is 0 Å². The zero-order chi connectivity index (χ0) is 16.2. The summed E-state index contributed by atoms with van der Waals surface area (Å²) in [6, 6.07) is 3.69. The first-order valence-electron chi connectivity index (χ1n) is 6.82. The Balaban J connectivity index is 1.77. The Kier molecular flexibility index (Phi) is 4.38. The fourth-order valence-electron chi connectivity index (χ4n) is 1.97. The minimum absolute atomic E-state index is 0.0871. The van der Waals surface area contributed by atoms with Crippen molar-refractivity contribution in [2.75, 3.05) is 13.7 Å². The molecule has 3 rings (SSSR count). The Morgan fingerprint density at radius 1 is 1.26 bits per heavy atom. The lowest BCUT2D eigenvalue weighted by atomic mass is 10.2. The van der Waals surface area contributed by atoms with Gasteiger partial charge in [-0.1, -0.05) is 16.4 Å². The van der Waals surface area contributed by atoms with Crippen molar-refractivity contribution in [3.05, 3.63) is 47.4 Å². The lowest BCUT2D eigenvalue weighted by molar-refractivity contribution is 0.199. The summed E-state index contributed by atoms with van der Waals surface area (Å²) in [4.78, 5) is 4.15. The topological polar surface area (TPSA) is 78.9 Å². The maximum Gasteiger partial charge on any atom is 0.280 e. The van der Waals surface area contributed by atoms with Crippen molar-refractivity contribution in [3.8, 4) is 11.6 Å². The van der Waals surface area contributed by atoms with Crippen LogP contribution in [0.5, 0.6) is 0 Å². The summed E-state index contributed by atoms with van der Waals surface area (Å²) < 4.78 is 38.6. The van der Waals surface area contributed by atoms with Gasteiger partial charge in [0.15, 0.2) is 11.5 Å².